The number of pyridine rings is 1. The standard InChI is InChI=1S/C13H17N3S/c1-3-14-12(13-9-17-10(2)16-13)8-11-6-4-5-7-15-11/h4-7,9,12,14H,3,8H2,1-2H3. The van der Waals surface area contributed by atoms with Gasteiger partial charge < -0.3 is 5.32 Å². The third-order valence-corrected chi connectivity index (χ3v) is 3.38. The van der Waals surface area contributed by atoms with Crippen LogP contribution in [0.5, 0.6) is 0 Å². The van der Waals surface area contributed by atoms with Crippen LogP contribution in [0.3, 0.4) is 0 Å². The minimum absolute atomic E-state index is 0.264. The molecule has 0 fully saturated rings. The van der Waals surface area contributed by atoms with Crippen molar-refractivity contribution in [2.24, 2.45) is 0 Å². The van der Waals surface area contributed by atoms with Crippen molar-refractivity contribution >= 4 is 11.3 Å². The molecular weight excluding hydrogens is 230 g/mol. The van der Waals surface area contributed by atoms with Crippen LogP contribution in [0.2, 0.25) is 0 Å². The second kappa shape index (κ2) is 5.89. The molecule has 0 bridgehead atoms. The monoisotopic (exact) mass is 247 g/mol. The topological polar surface area (TPSA) is 37.8 Å². The van der Waals surface area contributed by atoms with Crippen molar-refractivity contribution in [3.63, 3.8) is 0 Å². The molecular formula is C13H17N3S. The first-order valence-corrected chi connectivity index (χ1v) is 6.73. The minimum atomic E-state index is 0.264. The largest absolute Gasteiger partial charge is 0.309 e. The molecule has 4 heteroatoms. The highest BCUT2D eigenvalue weighted by Crippen LogP contribution is 2.19. The molecule has 1 N–H and O–H groups in total. The Bertz CT molecular complexity index is 453. The van der Waals surface area contributed by atoms with Gasteiger partial charge in [0, 0.05) is 23.7 Å². The molecule has 2 rings (SSSR count). The van der Waals surface area contributed by atoms with Crippen molar-refractivity contribution in [1.82, 2.24) is 15.3 Å². The van der Waals surface area contributed by atoms with Gasteiger partial charge in [-0.15, -0.1) is 11.3 Å². The number of thiazole rings is 1. The molecule has 0 aliphatic carbocycles. The molecule has 3 nitrogen and oxygen atoms in total. The Labute approximate surface area is 106 Å². The van der Waals surface area contributed by atoms with Gasteiger partial charge in [-0.1, -0.05) is 13.0 Å². The lowest BCUT2D eigenvalue weighted by molar-refractivity contribution is 0.533. The van der Waals surface area contributed by atoms with Crippen molar-refractivity contribution in [3.8, 4) is 0 Å². The van der Waals surface area contributed by atoms with Gasteiger partial charge >= 0.3 is 0 Å². The van der Waals surface area contributed by atoms with Crippen molar-refractivity contribution in [2.75, 3.05) is 6.54 Å². The molecule has 2 heterocycles. The molecule has 2 aromatic rings. The number of aryl methyl sites for hydroxylation is 1. The molecule has 2 aromatic heterocycles. The highest BCUT2D eigenvalue weighted by Gasteiger charge is 2.14. The number of rotatable bonds is 5. The van der Waals surface area contributed by atoms with E-state index in [1.54, 1.807) is 11.3 Å². The predicted octanol–water partition coefficient (Wildman–Crippen LogP) is 2.74. The van der Waals surface area contributed by atoms with Gasteiger partial charge in [0.05, 0.1) is 16.7 Å². The number of likely N-dealkylation sites (N-methyl/N-ethyl adjacent to an activating group) is 1. The summed E-state index contributed by atoms with van der Waals surface area (Å²) in [7, 11) is 0. The maximum absolute atomic E-state index is 4.55. The average molecular weight is 247 g/mol. The van der Waals surface area contributed by atoms with Gasteiger partial charge in [0.15, 0.2) is 0 Å². The van der Waals surface area contributed by atoms with Gasteiger partial charge in [0.25, 0.3) is 0 Å². The Kier molecular flexibility index (Phi) is 4.23. The summed E-state index contributed by atoms with van der Waals surface area (Å²) in [5, 5.41) is 6.71. The van der Waals surface area contributed by atoms with E-state index in [1.165, 1.54) is 0 Å². The van der Waals surface area contributed by atoms with Crippen molar-refractivity contribution < 1.29 is 0 Å². The molecule has 0 saturated carbocycles. The van der Waals surface area contributed by atoms with Crippen LogP contribution in [0.15, 0.2) is 29.8 Å². The van der Waals surface area contributed by atoms with E-state index in [-0.39, 0.29) is 6.04 Å². The predicted molar refractivity (Wildman–Crippen MR) is 71.2 cm³/mol. The third-order valence-electron chi connectivity index (χ3n) is 2.58. The molecule has 90 valence electrons. The quantitative estimate of drug-likeness (QED) is 0.883. The molecule has 1 atom stereocenters. The van der Waals surface area contributed by atoms with Crippen molar-refractivity contribution in [1.29, 1.82) is 0 Å². The van der Waals surface area contributed by atoms with Crippen LogP contribution in [-0.2, 0) is 6.42 Å². The summed E-state index contributed by atoms with van der Waals surface area (Å²) in [5.41, 5.74) is 2.23. The second-order valence-corrected chi connectivity index (χ2v) is 4.99. The highest BCUT2D eigenvalue weighted by molar-refractivity contribution is 7.09. The van der Waals surface area contributed by atoms with E-state index in [1.807, 2.05) is 25.3 Å². The van der Waals surface area contributed by atoms with Gasteiger partial charge in [-0.2, -0.15) is 0 Å². The Morgan fingerprint density at radius 1 is 1.41 bits per heavy atom. The second-order valence-electron chi connectivity index (χ2n) is 3.93. The molecule has 17 heavy (non-hydrogen) atoms. The SMILES string of the molecule is CCNC(Cc1ccccn1)c1csc(C)n1. The molecule has 0 amide bonds. The minimum Gasteiger partial charge on any atom is -0.309 e. The summed E-state index contributed by atoms with van der Waals surface area (Å²) in [6, 6.07) is 6.29. The molecule has 0 aliphatic heterocycles. The molecule has 1 unspecified atom stereocenters. The molecule has 0 saturated heterocycles. The fourth-order valence-electron chi connectivity index (χ4n) is 1.80. The summed E-state index contributed by atoms with van der Waals surface area (Å²) in [6.45, 7) is 5.09. The number of hydrogen-bond donors (Lipinski definition) is 1. The normalized spacial score (nSPS) is 12.6. The lowest BCUT2D eigenvalue weighted by Crippen LogP contribution is -2.23. The van der Waals surface area contributed by atoms with E-state index < -0.39 is 0 Å². The summed E-state index contributed by atoms with van der Waals surface area (Å²) >= 11 is 1.70. The molecule has 0 spiro atoms. The lowest BCUT2D eigenvalue weighted by Gasteiger charge is -2.15. The highest BCUT2D eigenvalue weighted by atomic mass is 32.1. The van der Waals surface area contributed by atoms with E-state index in [9.17, 15) is 0 Å². The van der Waals surface area contributed by atoms with Gasteiger partial charge in [0.1, 0.15) is 0 Å². The first-order valence-electron chi connectivity index (χ1n) is 5.85. The number of nitrogens with one attached hydrogen (secondary N) is 1. The number of nitrogens with zero attached hydrogens (tertiary/aromatic N) is 2. The van der Waals surface area contributed by atoms with Crippen LogP contribution in [0.1, 0.15) is 29.4 Å². The van der Waals surface area contributed by atoms with Crippen LogP contribution in [0, 0.1) is 6.92 Å². The van der Waals surface area contributed by atoms with Gasteiger partial charge in [-0.05, 0) is 25.6 Å². The first-order chi connectivity index (χ1) is 8.29. The number of aromatic nitrogens is 2. The van der Waals surface area contributed by atoms with Crippen LogP contribution in [0.25, 0.3) is 0 Å². The summed E-state index contributed by atoms with van der Waals surface area (Å²) < 4.78 is 0. The fraction of sp³-hybridized carbons (Fsp3) is 0.385. The van der Waals surface area contributed by atoms with E-state index in [2.05, 4.69) is 33.7 Å². The third kappa shape index (κ3) is 3.35. The Balaban J connectivity index is 2.13. The van der Waals surface area contributed by atoms with Crippen LogP contribution >= 0.6 is 11.3 Å². The molecule has 0 aliphatic rings. The zero-order chi connectivity index (χ0) is 12.1. The van der Waals surface area contributed by atoms with Gasteiger partial charge in [0.2, 0.25) is 0 Å². The summed E-state index contributed by atoms with van der Waals surface area (Å²) in [6.07, 6.45) is 2.72. The Hall–Kier alpha value is -1.26. The van der Waals surface area contributed by atoms with Crippen molar-refractivity contribution in [3.05, 3.63) is 46.2 Å². The van der Waals surface area contributed by atoms with Crippen LogP contribution < -0.4 is 5.32 Å². The average Bonchev–Trinajstić information content (AvgIpc) is 2.77. The van der Waals surface area contributed by atoms with Gasteiger partial charge in [-0.25, -0.2) is 4.98 Å². The fourth-order valence-corrected chi connectivity index (χ4v) is 2.46. The smallest absolute Gasteiger partial charge is 0.0898 e. The zero-order valence-electron chi connectivity index (χ0n) is 10.2. The zero-order valence-corrected chi connectivity index (χ0v) is 11.0. The number of hydrogen-bond acceptors (Lipinski definition) is 4. The maximum Gasteiger partial charge on any atom is 0.0898 e. The van der Waals surface area contributed by atoms with Gasteiger partial charge in [-0.3, -0.25) is 4.98 Å². The van der Waals surface area contributed by atoms with Crippen LogP contribution in [0.4, 0.5) is 0 Å². The van der Waals surface area contributed by atoms with E-state index in [0.717, 1.165) is 29.4 Å². The van der Waals surface area contributed by atoms with E-state index in [0.29, 0.717) is 0 Å². The first kappa shape index (κ1) is 12.2. The Morgan fingerprint density at radius 2 is 2.29 bits per heavy atom. The molecule has 0 aromatic carbocycles. The molecule has 0 radical (unpaired) electrons. The summed E-state index contributed by atoms with van der Waals surface area (Å²) in [5.74, 6) is 0. The van der Waals surface area contributed by atoms with Crippen molar-refractivity contribution in [2.45, 2.75) is 26.3 Å². The van der Waals surface area contributed by atoms with E-state index in [4.69, 9.17) is 0 Å². The maximum atomic E-state index is 4.55. The summed E-state index contributed by atoms with van der Waals surface area (Å²) in [4.78, 5) is 8.92. The van der Waals surface area contributed by atoms with E-state index >= 15 is 0 Å². The van der Waals surface area contributed by atoms with Crippen LogP contribution in [-0.4, -0.2) is 16.5 Å². The Morgan fingerprint density at radius 3 is 2.88 bits per heavy atom. The lowest BCUT2D eigenvalue weighted by atomic mass is 10.1.